The highest BCUT2D eigenvalue weighted by molar-refractivity contribution is 6.39. The quantitative estimate of drug-likeness (QED) is 0.600. The molecule has 0 bridgehead atoms. The van der Waals surface area contributed by atoms with Crippen LogP contribution in [0, 0.1) is 0 Å². The van der Waals surface area contributed by atoms with Gasteiger partial charge in [0.05, 0.1) is 13.2 Å². The molecule has 160 valence electrons. The molecule has 1 heterocycles. The fourth-order valence-corrected chi connectivity index (χ4v) is 4.19. The van der Waals surface area contributed by atoms with E-state index in [1.54, 1.807) is 31.4 Å². The molecule has 2 N–H and O–H groups in total. The smallest absolute Gasteiger partial charge is 0.313 e. The van der Waals surface area contributed by atoms with Crippen molar-refractivity contribution in [1.29, 1.82) is 0 Å². The van der Waals surface area contributed by atoms with Crippen LogP contribution in [0.5, 0.6) is 5.75 Å². The van der Waals surface area contributed by atoms with E-state index in [9.17, 15) is 9.59 Å². The first-order valence-corrected chi connectivity index (χ1v) is 10.6. The number of ether oxygens (including phenoxy) is 1. The largest absolute Gasteiger partial charge is 0.497 e. The molecule has 0 aromatic heterocycles. The first-order valence-electron chi connectivity index (χ1n) is 10.6. The Morgan fingerprint density at radius 1 is 0.968 bits per heavy atom. The fourth-order valence-electron chi connectivity index (χ4n) is 4.19. The number of likely N-dealkylation sites (tertiary alicyclic amines) is 1. The third-order valence-corrected chi connectivity index (χ3v) is 5.75. The summed E-state index contributed by atoms with van der Waals surface area (Å²) in [5, 5.41) is 7.83. The number of carbonyl (C=O) groups excluding carboxylic acids is 2. The summed E-state index contributed by atoms with van der Waals surface area (Å²) in [4.78, 5) is 27.4. The number of nitrogens with zero attached hydrogens (tertiary/aromatic N) is 1. The number of benzene rings is 3. The van der Waals surface area contributed by atoms with Crippen molar-refractivity contribution in [3.8, 4) is 5.75 Å². The summed E-state index contributed by atoms with van der Waals surface area (Å²) in [5.41, 5.74) is 1.69. The summed E-state index contributed by atoms with van der Waals surface area (Å²) in [6.07, 6.45) is 2.29. The van der Waals surface area contributed by atoms with Crippen molar-refractivity contribution in [1.82, 2.24) is 10.2 Å². The van der Waals surface area contributed by atoms with Crippen LogP contribution in [0.15, 0.2) is 66.7 Å². The van der Waals surface area contributed by atoms with Gasteiger partial charge in [0.1, 0.15) is 5.75 Å². The van der Waals surface area contributed by atoms with Gasteiger partial charge in [0.25, 0.3) is 0 Å². The molecule has 1 fully saturated rings. The summed E-state index contributed by atoms with van der Waals surface area (Å²) in [5.74, 6) is -0.721. The minimum absolute atomic E-state index is 0.0159. The van der Waals surface area contributed by atoms with E-state index in [4.69, 9.17) is 4.74 Å². The molecule has 0 radical (unpaired) electrons. The van der Waals surface area contributed by atoms with Crippen LogP contribution in [-0.2, 0) is 9.59 Å². The second-order valence-electron chi connectivity index (χ2n) is 7.72. The molecule has 1 atom stereocenters. The number of fused-ring (bicyclic) bond motifs is 1. The van der Waals surface area contributed by atoms with Gasteiger partial charge in [-0.3, -0.25) is 14.5 Å². The second kappa shape index (κ2) is 9.62. The first kappa shape index (κ1) is 20.9. The minimum Gasteiger partial charge on any atom is -0.497 e. The van der Waals surface area contributed by atoms with Crippen molar-refractivity contribution in [2.24, 2.45) is 0 Å². The van der Waals surface area contributed by atoms with Crippen molar-refractivity contribution < 1.29 is 14.3 Å². The zero-order chi connectivity index (χ0) is 21.6. The van der Waals surface area contributed by atoms with Crippen molar-refractivity contribution >= 4 is 28.3 Å². The van der Waals surface area contributed by atoms with Crippen LogP contribution in [0.25, 0.3) is 10.8 Å². The molecule has 0 aliphatic carbocycles. The van der Waals surface area contributed by atoms with Gasteiger partial charge in [-0.2, -0.15) is 0 Å². The van der Waals surface area contributed by atoms with E-state index in [0.29, 0.717) is 18.0 Å². The number of hydrogen-bond donors (Lipinski definition) is 2. The van der Waals surface area contributed by atoms with E-state index in [1.807, 2.05) is 12.1 Å². The van der Waals surface area contributed by atoms with E-state index >= 15 is 0 Å². The zero-order valence-electron chi connectivity index (χ0n) is 17.6. The third kappa shape index (κ3) is 4.86. The molecule has 2 amide bonds. The van der Waals surface area contributed by atoms with Gasteiger partial charge in [-0.05, 0) is 54.4 Å². The van der Waals surface area contributed by atoms with Crippen molar-refractivity contribution in [2.75, 3.05) is 32.1 Å². The van der Waals surface area contributed by atoms with Crippen LogP contribution in [0.3, 0.4) is 0 Å². The summed E-state index contributed by atoms with van der Waals surface area (Å²) < 4.78 is 5.16. The topological polar surface area (TPSA) is 70.7 Å². The Labute approximate surface area is 182 Å². The predicted octanol–water partition coefficient (Wildman–Crippen LogP) is 3.74. The van der Waals surface area contributed by atoms with Crippen LogP contribution in [-0.4, -0.2) is 43.5 Å². The molecule has 4 rings (SSSR count). The standard InChI is InChI=1S/C25H27N3O3/c1-31-20-11-7-10-19(16-20)27-25(30)24(29)26-17-23(28-14-4-5-15-28)22-13-6-9-18-8-2-3-12-21(18)22/h2-3,6-13,16,23H,4-5,14-15,17H2,1H3,(H,26,29)(H,27,30)/t23-/m1/s1. The number of hydrogen-bond acceptors (Lipinski definition) is 4. The van der Waals surface area contributed by atoms with E-state index in [0.717, 1.165) is 25.9 Å². The molecule has 31 heavy (non-hydrogen) atoms. The van der Waals surface area contributed by atoms with Crippen molar-refractivity contribution in [2.45, 2.75) is 18.9 Å². The lowest BCUT2D eigenvalue weighted by Gasteiger charge is -2.29. The Balaban J connectivity index is 1.48. The Morgan fingerprint density at radius 2 is 1.71 bits per heavy atom. The van der Waals surface area contributed by atoms with Crippen LogP contribution in [0.2, 0.25) is 0 Å². The zero-order valence-corrected chi connectivity index (χ0v) is 17.6. The summed E-state index contributed by atoms with van der Waals surface area (Å²) in [6.45, 7) is 2.35. The number of carbonyl (C=O) groups is 2. The molecule has 3 aromatic carbocycles. The summed E-state index contributed by atoms with van der Waals surface area (Å²) in [6, 6.07) is 21.5. The lowest BCUT2D eigenvalue weighted by Crippen LogP contribution is -2.41. The van der Waals surface area contributed by atoms with E-state index < -0.39 is 11.8 Å². The van der Waals surface area contributed by atoms with Gasteiger partial charge in [0, 0.05) is 18.3 Å². The van der Waals surface area contributed by atoms with Crippen LogP contribution < -0.4 is 15.4 Å². The van der Waals surface area contributed by atoms with Gasteiger partial charge in [-0.1, -0.05) is 48.5 Å². The maximum Gasteiger partial charge on any atom is 0.313 e. The first-order chi connectivity index (χ1) is 15.2. The van der Waals surface area contributed by atoms with Gasteiger partial charge >= 0.3 is 11.8 Å². The molecule has 1 aliphatic rings. The predicted molar refractivity (Wildman–Crippen MR) is 122 cm³/mol. The highest BCUT2D eigenvalue weighted by Gasteiger charge is 2.26. The molecule has 1 aliphatic heterocycles. The molecular weight excluding hydrogens is 390 g/mol. The van der Waals surface area contributed by atoms with Gasteiger partial charge in [0.2, 0.25) is 0 Å². The Hall–Kier alpha value is -3.38. The minimum atomic E-state index is -0.689. The maximum absolute atomic E-state index is 12.5. The van der Waals surface area contributed by atoms with E-state index in [-0.39, 0.29) is 6.04 Å². The lowest BCUT2D eigenvalue weighted by molar-refractivity contribution is -0.136. The number of rotatable bonds is 6. The van der Waals surface area contributed by atoms with E-state index in [1.165, 1.54) is 16.3 Å². The molecule has 3 aromatic rings. The van der Waals surface area contributed by atoms with Crippen molar-refractivity contribution in [3.63, 3.8) is 0 Å². The molecule has 0 spiro atoms. The van der Waals surface area contributed by atoms with Crippen molar-refractivity contribution in [3.05, 3.63) is 72.3 Å². The SMILES string of the molecule is COc1cccc(NC(=O)C(=O)NC[C@H](c2cccc3ccccc23)N2CCCC2)c1. The lowest BCUT2D eigenvalue weighted by atomic mass is 9.97. The van der Waals surface area contributed by atoms with Crippen LogP contribution in [0.4, 0.5) is 5.69 Å². The highest BCUT2D eigenvalue weighted by Crippen LogP contribution is 2.30. The number of nitrogens with one attached hydrogen (secondary N) is 2. The van der Waals surface area contributed by atoms with Gasteiger partial charge in [-0.15, -0.1) is 0 Å². The third-order valence-electron chi connectivity index (χ3n) is 5.75. The molecular formula is C25H27N3O3. The molecule has 6 heteroatoms. The van der Waals surface area contributed by atoms with Gasteiger partial charge < -0.3 is 15.4 Å². The van der Waals surface area contributed by atoms with Crippen LogP contribution in [0.1, 0.15) is 24.4 Å². The Morgan fingerprint density at radius 3 is 2.52 bits per heavy atom. The van der Waals surface area contributed by atoms with Crippen LogP contribution >= 0.6 is 0 Å². The Kier molecular flexibility index (Phi) is 6.48. The molecule has 6 nitrogen and oxygen atoms in total. The average Bonchev–Trinajstić information content (AvgIpc) is 3.34. The molecule has 0 saturated carbocycles. The van der Waals surface area contributed by atoms with Gasteiger partial charge in [0.15, 0.2) is 0 Å². The molecule has 0 unspecified atom stereocenters. The fraction of sp³-hybridized carbons (Fsp3) is 0.280. The second-order valence-corrected chi connectivity index (χ2v) is 7.72. The van der Waals surface area contributed by atoms with E-state index in [2.05, 4.69) is 45.9 Å². The maximum atomic E-state index is 12.5. The molecule has 1 saturated heterocycles. The number of amides is 2. The highest BCUT2D eigenvalue weighted by atomic mass is 16.5. The Bertz CT molecular complexity index is 1070. The van der Waals surface area contributed by atoms with Gasteiger partial charge in [-0.25, -0.2) is 0 Å². The summed E-state index contributed by atoms with van der Waals surface area (Å²) in [7, 11) is 1.55. The summed E-state index contributed by atoms with van der Waals surface area (Å²) >= 11 is 0. The number of methoxy groups -OCH3 is 1. The number of anilines is 1. The average molecular weight is 418 g/mol. The normalized spacial score (nSPS) is 14.9. The monoisotopic (exact) mass is 417 g/mol.